The number of nitrogens with one attached hydrogen (secondary N) is 1. The fourth-order valence-corrected chi connectivity index (χ4v) is 4.66. The van der Waals surface area contributed by atoms with Crippen molar-refractivity contribution in [3.05, 3.63) is 35.6 Å². The SMILES string of the molecule is COC(C(=O)NCC1CC1)=C1CCN(S(=O)(=O)c2ccc(OC(F)(F)F)cc2)CC1. The first-order valence-corrected chi connectivity index (χ1v) is 10.9. The van der Waals surface area contributed by atoms with Crippen LogP contribution in [0.15, 0.2) is 40.5 Å². The number of benzene rings is 1. The Labute approximate surface area is 172 Å². The lowest BCUT2D eigenvalue weighted by Crippen LogP contribution is -2.37. The molecule has 1 N–H and O–H groups in total. The van der Waals surface area contributed by atoms with E-state index in [-0.39, 0.29) is 29.7 Å². The van der Waals surface area contributed by atoms with Crippen LogP contribution in [-0.4, -0.2) is 51.7 Å². The number of hydrogen-bond acceptors (Lipinski definition) is 5. The van der Waals surface area contributed by atoms with E-state index in [1.807, 2.05) is 0 Å². The fourth-order valence-electron chi connectivity index (χ4n) is 3.22. The van der Waals surface area contributed by atoms with E-state index in [1.165, 1.54) is 11.4 Å². The summed E-state index contributed by atoms with van der Waals surface area (Å²) < 4.78 is 72.6. The fraction of sp³-hybridized carbons (Fsp3) is 0.526. The lowest BCUT2D eigenvalue weighted by atomic mass is 10.0. The van der Waals surface area contributed by atoms with Gasteiger partial charge in [0.05, 0.1) is 12.0 Å². The molecule has 1 aliphatic carbocycles. The topological polar surface area (TPSA) is 84.9 Å². The van der Waals surface area contributed by atoms with E-state index in [4.69, 9.17) is 4.74 Å². The number of hydrogen-bond donors (Lipinski definition) is 1. The van der Waals surface area contributed by atoms with E-state index in [2.05, 4.69) is 10.1 Å². The number of carbonyl (C=O) groups is 1. The van der Waals surface area contributed by atoms with Crippen LogP contribution in [0.1, 0.15) is 25.7 Å². The van der Waals surface area contributed by atoms with Crippen LogP contribution in [0.2, 0.25) is 0 Å². The Hall–Kier alpha value is -2.27. The summed E-state index contributed by atoms with van der Waals surface area (Å²) in [4.78, 5) is 12.2. The number of amides is 1. The molecule has 2 fully saturated rings. The Kier molecular flexibility index (Phi) is 6.61. The van der Waals surface area contributed by atoms with E-state index in [0.29, 0.717) is 25.3 Å². The Morgan fingerprint density at radius 2 is 1.77 bits per heavy atom. The molecule has 1 aliphatic heterocycles. The molecule has 7 nitrogen and oxygen atoms in total. The molecule has 0 radical (unpaired) electrons. The molecule has 30 heavy (non-hydrogen) atoms. The summed E-state index contributed by atoms with van der Waals surface area (Å²) in [5.41, 5.74) is 0.742. The van der Waals surface area contributed by atoms with Gasteiger partial charge in [-0.2, -0.15) is 4.31 Å². The van der Waals surface area contributed by atoms with E-state index in [1.54, 1.807) is 0 Å². The van der Waals surface area contributed by atoms with Crippen LogP contribution in [0.5, 0.6) is 5.75 Å². The number of rotatable bonds is 7. The number of halogens is 3. The van der Waals surface area contributed by atoms with E-state index < -0.39 is 22.1 Å². The minimum atomic E-state index is -4.85. The molecule has 11 heteroatoms. The molecule has 0 aromatic heterocycles. The monoisotopic (exact) mass is 448 g/mol. The highest BCUT2D eigenvalue weighted by atomic mass is 32.2. The van der Waals surface area contributed by atoms with Crippen molar-refractivity contribution < 1.29 is 35.9 Å². The first kappa shape index (κ1) is 22.4. The highest BCUT2D eigenvalue weighted by Crippen LogP contribution is 2.29. The minimum Gasteiger partial charge on any atom is -0.491 e. The zero-order chi connectivity index (χ0) is 21.9. The zero-order valence-electron chi connectivity index (χ0n) is 16.4. The van der Waals surface area contributed by atoms with Crippen LogP contribution >= 0.6 is 0 Å². The van der Waals surface area contributed by atoms with Crippen LogP contribution in [0.4, 0.5) is 13.2 Å². The van der Waals surface area contributed by atoms with Gasteiger partial charge in [0.2, 0.25) is 10.0 Å². The van der Waals surface area contributed by atoms with Gasteiger partial charge in [0.15, 0.2) is 5.76 Å². The third kappa shape index (κ3) is 5.66. The van der Waals surface area contributed by atoms with Crippen molar-refractivity contribution in [3.63, 3.8) is 0 Å². The highest BCUT2D eigenvalue weighted by Gasteiger charge is 2.32. The lowest BCUT2D eigenvalue weighted by molar-refractivity contribution is -0.274. The molecule has 0 unspecified atom stereocenters. The summed E-state index contributed by atoms with van der Waals surface area (Å²) in [7, 11) is -2.47. The van der Waals surface area contributed by atoms with Crippen molar-refractivity contribution in [2.24, 2.45) is 5.92 Å². The third-order valence-electron chi connectivity index (χ3n) is 5.00. The molecule has 1 saturated carbocycles. The molecule has 1 aromatic carbocycles. The zero-order valence-corrected chi connectivity index (χ0v) is 17.2. The Morgan fingerprint density at radius 3 is 2.27 bits per heavy atom. The number of piperidine rings is 1. The Bertz CT molecular complexity index is 899. The molecule has 0 atom stereocenters. The van der Waals surface area contributed by atoms with Gasteiger partial charge in [-0.1, -0.05) is 0 Å². The first-order valence-electron chi connectivity index (χ1n) is 9.50. The average molecular weight is 448 g/mol. The number of nitrogens with zero attached hydrogens (tertiary/aromatic N) is 1. The van der Waals surface area contributed by atoms with Gasteiger partial charge < -0.3 is 14.8 Å². The third-order valence-corrected chi connectivity index (χ3v) is 6.91. The number of sulfonamides is 1. The maximum absolute atomic E-state index is 12.8. The van der Waals surface area contributed by atoms with E-state index in [9.17, 15) is 26.4 Å². The van der Waals surface area contributed by atoms with Crippen LogP contribution in [0.25, 0.3) is 0 Å². The minimum absolute atomic E-state index is 0.126. The average Bonchev–Trinajstić information content (AvgIpc) is 3.51. The predicted molar refractivity (Wildman–Crippen MR) is 101 cm³/mol. The van der Waals surface area contributed by atoms with Gasteiger partial charge in [-0.05, 0) is 61.4 Å². The Morgan fingerprint density at radius 1 is 1.17 bits per heavy atom. The number of methoxy groups -OCH3 is 1. The van der Waals surface area contributed by atoms with Crippen molar-refractivity contribution in [2.75, 3.05) is 26.7 Å². The number of ether oxygens (including phenoxy) is 2. The molecule has 1 amide bonds. The number of carbonyl (C=O) groups excluding carboxylic acids is 1. The van der Waals surface area contributed by atoms with Gasteiger partial charge >= 0.3 is 6.36 Å². The molecule has 1 saturated heterocycles. The summed E-state index contributed by atoms with van der Waals surface area (Å²) in [6, 6.07) is 4.08. The molecule has 0 bridgehead atoms. The molecular weight excluding hydrogens is 425 g/mol. The molecule has 0 spiro atoms. The van der Waals surface area contributed by atoms with Gasteiger partial charge in [-0.15, -0.1) is 13.2 Å². The van der Waals surface area contributed by atoms with Crippen molar-refractivity contribution in [1.29, 1.82) is 0 Å². The lowest BCUT2D eigenvalue weighted by Gasteiger charge is -2.28. The molecule has 2 aliphatic rings. The van der Waals surface area contributed by atoms with Crippen molar-refractivity contribution >= 4 is 15.9 Å². The van der Waals surface area contributed by atoms with Crippen LogP contribution in [-0.2, 0) is 19.6 Å². The first-order chi connectivity index (χ1) is 14.1. The summed E-state index contributed by atoms with van der Waals surface area (Å²) in [6.07, 6.45) is -1.98. The maximum atomic E-state index is 12.8. The normalized spacial score (nSPS) is 18.1. The van der Waals surface area contributed by atoms with E-state index >= 15 is 0 Å². The largest absolute Gasteiger partial charge is 0.573 e. The second kappa shape index (κ2) is 8.84. The predicted octanol–water partition coefficient (Wildman–Crippen LogP) is 2.80. The molecule has 1 aromatic rings. The van der Waals surface area contributed by atoms with Crippen molar-refractivity contribution in [3.8, 4) is 5.75 Å². The van der Waals surface area contributed by atoms with Gasteiger partial charge in [-0.3, -0.25) is 4.79 Å². The summed E-state index contributed by atoms with van der Waals surface area (Å²) in [5, 5.41) is 2.84. The van der Waals surface area contributed by atoms with Crippen LogP contribution < -0.4 is 10.1 Å². The van der Waals surface area contributed by atoms with Gasteiger partial charge in [-0.25, -0.2) is 8.42 Å². The molecule has 3 rings (SSSR count). The summed E-state index contributed by atoms with van der Waals surface area (Å²) >= 11 is 0. The summed E-state index contributed by atoms with van der Waals surface area (Å²) in [5.74, 6) is -0.0402. The highest BCUT2D eigenvalue weighted by molar-refractivity contribution is 7.89. The second-order valence-electron chi connectivity index (χ2n) is 7.21. The van der Waals surface area contributed by atoms with Gasteiger partial charge in [0, 0.05) is 19.6 Å². The summed E-state index contributed by atoms with van der Waals surface area (Å²) in [6.45, 7) is 0.885. The van der Waals surface area contributed by atoms with Crippen molar-refractivity contribution in [2.45, 2.75) is 36.9 Å². The van der Waals surface area contributed by atoms with Crippen molar-refractivity contribution in [1.82, 2.24) is 9.62 Å². The second-order valence-corrected chi connectivity index (χ2v) is 9.15. The van der Waals surface area contributed by atoms with Gasteiger partial charge in [0.1, 0.15) is 5.75 Å². The smallest absolute Gasteiger partial charge is 0.491 e. The molecule has 166 valence electrons. The van der Waals surface area contributed by atoms with Gasteiger partial charge in [0.25, 0.3) is 5.91 Å². The van der Waals surface area contributed by atoms with Crippen LogP contribution in [0.3, 0.4) is 0 Å². The maximum Gasteiger partial charge on any atom is 0.573 e. The quantitative estimate of drug-likeness (QED) is 0.512. The molecule has 1 heterocycles. The van der Waals surface area contributed by atoms with E-state index in [0.717, 1.165) is 42.7 Å². The standard InChI is InChI=1S/C19H23F3N2O5S/c1-28-17(18(25)23-12-13-2-3-13)14-8-10-24(11-9-14)30(26,27)16-6-4-15(5-7-16)29-19(20,21)22/h4-7,13H,2-3,8-12H2,1H3,(H,23,25). The van der Waals surface area contributed by atoms with Crippen LogP contribution in [0, 0.1) is 5.92 Å². The molecular formula is C19H23F3N2O5S. The Balaban J connectivity index is 1.64. The number of alkyl halides is 3.